The van der Waals surface area contributed by atoms with Crippen LogP contribution in [-0.2, 0) is 11.2 Å². The molecule has 0 unspecified atom stereocenters. The molecule has 15 heavy (non-hydrogen) atoms. The molecule has 1 rings (SSSR count). The van der Waals surface area contributed by atoms with Gasteiger partial charge in [-0.25, -0.2) is 0 Å². The van der Waals surface area contributed by atoms with Gasteiger partial charge in [-0.15, -0.1) is 0 Å². The fourth-order valence-electron chi connectivity index (χ4n) is 1.49. The Morgan fingerprint density at radius 3 is 2.33 bits per heavy atom. The molecule has 0 atom stereocenters. The average molecular weight is 204 g/mol. The van der Waals surface area contributed by atoms with Crippen LogP contribution in [0.25, 0.3) is 0 Å². The van der Waals surface area contributed by atoms with Crippen LogP contribution in [0.2, 0.25) is 0 Å². The number of carbonyl (C=O) groups excluding carboxylic acids is 2. The molecule has 0 aliphatic heterocycles. The number of rotatable bonds is 4. The molecule has 0 spiro atoms. The molecule has 0 fully saturated rings. The summed E-state index contributed by atoms with van der Waals surface area (Å²) in [4.78, 5) is 22.9. The van der Waals surface area contributed by atoms with Gasteiger partial charge in [-0.05, 0) is 12.5 Å². The van der Waals surface area contributed by atoms with Crippen molar-refractivity contribution in [1.29, 1.82) is 0 Å². The molecule has 0 aromatic heterocycles. The molecule has 0 saturated heterocycles. The monoisotopic (exact) mass is 204 g/mol. The summed E-state index contributed by atoms with van der Waals surface area (Å²) in [5.74, 6) is 0.156. The summed E-state index contributed by atoms with van der Waals surface area (Å²) >= 11 is 0. The first kappa shape index (κ1) is 11.6. The molecule has 0 radical (unpaired) electrons. The Morgan fingerprint density at radius 1 is 1.20 bits per heavy atom. The third kappa shape index (κ3) is 3.01. The van der Waals surface area contributed by atoms with Crippen LogP contribution in [0.1, 0.15) is 36.7 Å². The normalized spacial score (nSPS) is 10.4. The molecule has 0 saturated carbocycles. The Balaban J connectivity index is 3.06. The van der Waals surface area contributed by atoms with Gasteiger partial charge in [-0.3, -0.25) is 9.59 Å². The second-order valence-electron chi connectivity index (χ2n) is 4.05. The Bertz CT molecular complexity index is 378. The van der Waals surface area contributed by atoms with E-state index in [1.165, 1.54) is 6.92 Å². The molecule has 0 aliphatic carbocycles. The maximum atomic E-state index is 11.8. The summed E-state index contributed by atoms with van der Waals surface area (Å²) < 4.78 is 0. The minimum atomic E-state index is -0.0295. The van der Waals surface area contributed by atoms with E-state index in [1.54, 1.807) is 6.07 Å². The summed E-state index contributed by atoms with van der Waals surface area (Å²) in [6, 6.07) is 7.33. The van der Waals surface area contributed by atoms with Crippen LogP contribution in [0.15, 0.2) is 24.3 Å². The lowest BCUT2D eigenvalue weighted by molar-refractivity contribution is -0.116. The van der Waals surface area contributed by atoms with Gasteiger partial charge in [0.25, 0.3) is 0 Å². The van der Waals surface area contributed by atoms with Crippen LogP contribution in [0.5, 0.6) is 0 Å². The Labute approximate surface area is 90.3 Å². The van der Waals surface area contributed by atoms with Crippen LogP contribution < -0.4 is 0 Å². The second kappa shape index (κ2) is 4.87. The van der Waals surface area contributed by atoms with Crippen molar-refractivity contribution in [2.24, 2.45) is 5.92 Å². The number of benzene rings is 1. The minimum absolute atomic E-state index is 0.0295. The van der Waals surface area contributed by atoms with Crippen molar-refractivity contribution in [2.75, 3.05) is 0 Å². The molecule has 0 heterocycles. The number of hydrogen-bond donors (Lipinski definition) is 0. The van der Waals surface area contributed by atoms with Crippen LogP contribution in [0, 0.1) is 5.92 Å². The zero-order valence-electron chi connectivity index (χ0n) is 9.41. The summed E-state index contributed by atoms with van der Waals surface area (Å²) in [5, 5.41) is 0. The Morgan fingerprint density at radius 2 is 1.80 bits per heavy atom. The first-order valence-electron chi connectivity index (χ1n) is 5.14. The molecular formula is C13H16O2. The Kier molecular flexibility index (Phi) is 3.78. The van der Waals surface area contributed by atoms with Crippen molar-refractivity contribution in [2.45, 2.75) is 27.2 Å². The highest BCUT2D eigenvalue weighted by Gasteiger charge is 2.14. The summed E-state index contributed by atoms with van der Waals surface area (Å²) in [7, 11) is 0. The van der Waals surface area contributed by atoms with E-state index >= 15 is 0 Å². The molecule has 2 nitrogen and oxygen atoms in total. The topological polar surface area (TPSA) is 34.1 Å². The van der Waals surface area contributed by atoms with Crippen LogP contribution in [0.3, 0.4) is 0 Å². The largest absolute Gasteiger partial charge is 0.300 e. The maximum Gasteiger partial charge on any atom is 0.165 e. The van der Waals surface area contributed by atoms with E-state index in [1.807, 2.05) is 32.0 Å². The summed E-state index contributed by atoms with van der Waals surface area (Å²) in [6.45, 7) is 5.27. The SMILES string of the molecule is CC(=O)Cc1ccccc1C(=O)C(C)C. The molecule has 1 aromatic carbocycles. The second-order valence-corrected chi connectivity index (χ2v) is 4.05. The van der Waals surface area contributed by atoms with Gasteiger partial charge in [0, 0.05) is 17.9 Å². The number of hydrogen-bond acceptors (Lipinski definition) is 2. The highest BCUT2D eigenvalue weighted by Crippen LogP contribution is 2.14. The van der Waals surface area contributed by atoms with Crippen LogP contribution in [0.4, 0.5) is 0 Å². The van der Waals surface area contributed by atoms with Gasteiger partial charge >= 0.3 is 0 Å². The molecule has 0 amide bonds. The molecule has 0 aliphatic rings. The smallest absolute Gasteiger partial charge is 0.165 e. The molecule has 0 bridgehead atoms. The first-order valence-corrected chi connectivity index (χ1v) is 5.14. The van der Waals surface area contributed by atoms with Gasteiger partial charge < -0.3 is 0 Å². The zero-order chi connectivity index (χ0) is 11.4. The number of Topliss-reactive ketones (excluding diaryl/α,β-unsaturated/α-hetero) is 2. The van der Waals surface area contributed by atoms with E-state index < -0.39 is 0 Å². The van der Waals surface area contributed by atoms with Gasteiger partial charge in [-0.2, -0.15) is 0 Å². The summed E-state index contributed by atoms with van der Waals surface area (Å²) in [6.07, 6.45) is 0.342. The van der Waals surface area contributed by atoms with E-state index in [-0.39, 0.29) is 17.5 Å². The quantitative estimate of drug-likeness (QED) is 0.706. The lowest BCUT2D eigenvalue weighted by Gasteiger charge is -2.09. The molecule has 1 aromatic rings. The molecular weight excluding hydrogens is 188 g/mol. The maximum absolute atomic E-state index is 11.8. The van der Waals surface area contributed by atoms with Gasteiger partial charge in [0.2, 0.25) is 0 Å². The first-order chi connectivity index (χ1) is 7.02. The third-order valence-corrected chi connectivity index (χ3v) is 2.25. The highest BCUT2D eigenvalue weighted by atomic mass is 16.1. The molecule has 0 N–H and O–H groups in total. The lowest BCUT2D eigenvalue weighted by Crippen LogP contribution is -2.11. The van der Waals surface area contributed by atoms with Gasteiger partial charge in [0.05, 0.1) is 0 Å². The highest BCUT2D eigenvalue weighted by molar-refractivity contribution is 5.99. The van der Waals surface area contributed by atoms with Crippen molar-refractivity contribution in [1.82, 2.24) is 0 Å². The number of carbonyl (C=O) groups is 2. The van der Waals surface area contributed by atoms with E-state index in [4.69, 9.17) is 0 Å². The predicted molar refractivity (Wildman–Crippen MR) is 60.0 cm³/mol. The number of ketones is 2. The van der Waals surface area contributed by atoms with E-state index in [0.717, 1.165) is 5.56 Å². The lowest BCUT2D eigenvalue weighted by atomic mass is 9.94. The van der Waals surface area contributed by atoms with Crippen molar-refractivity contribution in [3.05, 3.63) is 35.4 Å². The van der Waals surface area contributed by atoms with Crippen molar-refractivity contribution in [3.8, 4) is 0 Å². The van der Waals surface area contributed by atoms with Gasteiger partial charge in [0.1, 0.15) is 5.78 Å². The van der Waals surface area contributed by atoms with Gasteiger partial charge in [0.15, 0.2) is 5.78 Å². The summed E-state index contributed by atoms with van der Waals surface area (Å²) in [5.41, 5.74) is 1.52. The van der Waals surface area contributed by atoms with Gasteiger partial charge in [-0.1, -0.05) is 38.1 Å². The third-order valence-electron chi connectivity index (χ3n) is 2.25. The zero-order valence-corrected chi connectivity index (χ0v) is 9.41. The Hall–Kier alpha value is -1.44. The molecule has 2 heteroatoms. The van der Waals surface area contributed by atoms with E-state index in [9.17, 15) is 9.59 Å². The van der Waals surface area contributed by atoms with Crippen molar-refractivity contribution < 1.29 is 9.59 Å². The van der Waals surface area contributed by atoms with Crippen molar-refractivity contribution in [3.63, 3.8) is 0 Å². The van der Waals surface area contributed by atoms with Crippen molar-refractivity contribution >= 4 is 11.6 Å². The fourth-order valence-corrected chi connectivity index (χ4v) is 1.49. The van der Waals surface area contributed by atoms with E-state index in [2.05, 4.69) is 0 Å². The standard InChI is InChI=1S/C13H16O2/c1-9(2)13(15)12-7-5-4-6-11(12)8-10(3)14/h4-7,9H,8H2,1-3H3. The van der Waals surface area contributed by atoms with E-state index in [0.29, 0.717) is 12.0 Å². The molecule has 80 valence electrons. The minimum Gasteiger partial charge on any atom is -0.300 e. The van der Waals surface area contributed by atoms with Crippen LogP contribution in [-0.4, -0.2) is 11.6 Å². The predicted octanol–water partition coefficient (Wildman–Crippen LogP) is 2.66. The van der Waals surface area contributed by atoms with Crippen LogP contribution >= 0.6 is 0 Å². The average Bonchev–Trinajstić information content (AvgIpc) is 2.16. The fraction of sp³-hybridized carbons (Fsp3) is 0.385.